The Hall–Kier alpha value is -1.46. The zero-order valence-electron chi connectivity index (χ0n) is 12.2. The molecule has 2 aliphatic carbocycles. The lowest BCUT2D eigenvalue weighted by molar-refractivity contribution is 0.0499. The van der Waals surface area contributed by atoms with Gasteiger partial charge in [-0.1, -0.05) is 0 Å². The summed E-state index contributed by atoms with van der Waals surface area (Å²) in [5.74, 6) is -0.141. The number of aryl methyl sites for hydroxylation is 1. The Bertz CT molecular complexity index is 517. The second-order valence-electron chi connectivity index (χ2n) is 6.27. The molecular formula is C15H21F2N3O. The molecule has 3 rings (SSSR count). The van der Waals surface area contributed by atoms with Crippen LogP contribution in [0.15, 0.2) is 6.07 Å². The van der Waals surface area contributed by atoms with Crippen molar-refractivity contribution in [2.24, 2.45) is 13.0 Å². The van der Waals surface area contributed by atoms with Gasteiger partial charge >= 0.3 is 0 Å². The lowest BCUT2D eigenvalue weighted by Gasteiger charge is -2.28. The standard InChI is InChI=1S/C15H21F2N3O/c1-20-13(9-2-3-9)8-12(19-20)15(21)18-11-6-4-10(5-7-11)14(16)17/h8-11,14H,2-7H2,1H3,(H,18,21). The van der Waals surface area contributed by atoms with E-state index in [0.717, 1.165) is 18.5 Å². The topological polar surface area (TPSA) is 46.9 Å². The predicted molar refractivity (Wildman–Crippen MR) is 74.4 cm³/mol. The van der Waals surface area contributed by atoms with Gasteiger partial charge in [-0.25, -0.2) is 8.78 Å². The molecule has 4 nitrogen and oxygen atoms in total. The Labute approximate surface area is 122 Å². The maximum Gasteiger partial charge on any atom is 0.272 e. The second kappa shape index (κ2) is 5.73. The predicted octanol–water partition coefficient (Wildman–Crippen LogP) is 2.85. The fraction of sp³-hybridized carbons (Fsp3) is 0.733. The third-order valence-corrected chi connectivity index (χ3v) is 4.61. The zero-order chi connectivity index (χ0) is 15.0. The van der Waals surface area contributed by atoms with Crippen LogP contribution in [0, 0.1) is 5.92 Å². The summed E-state index contributed by atoms with van der Waals surface area (Å²) >= 11 is 0. The number of hydrogen-bond donors (Lipinski definition) is 1. The first-order valence-corrected chi connectivity index (χ1v) is 7.67. The average Bonchev–Trinajstić information content (AvgIpc) is 3.22. The smallest absolute Gasteiger partial charge is 0.272 e. The van der Waals surface area contributed by atoms with Crippen LogP contribution in [-0.2, 0) is 7.05 Å². The average molecular weight is 297 g/mol. The summed E-state index contributed by atoms with van der Waals surface area (Å²) in [7, 11) is 1.86. The Morgan fingerprint density at radius 2 is 1.95 bits per heavy atom. The van der Waals surface area contributed by atoms with E-state index in [4.69, 9.17) is 0 Å². The Morgan fingerprint density at radius 3 is 2.52 bits per heavy atom. The fourth-order valence-electron chi connectivity index (χ4n) is 3.13. The SMILES string of the molecule is Cn1nc(C(=O)NC2CCC(C(F)F)CC2)cc1C1CC1. The van der Waals surface area contributed by atoms with Crippen LogP contribution in [0.3, 0.4) is 0 Å². The minimum atomic E-state index is -2.24. The van der Waals surface area contributed by atoms with Crippen molar-refractivity contribution in [3.05, 3.63) is 17.5 Å². The van der Waals surface area contributed by atoms with Crippen molar-refractivity contribution < 1.29 is 13.6 Å². The van der Waals surface area contributed by atoms with Crippen molar-refractivity contribution in [3.8, 4) is 0 Å². The molecule has 1 heterocycles. The van der Waals surface area contributed by atoms with Gasteiger partial charge in [0.2, 0.25) is 6.43 Å². The summed E-state index contributed by atoms with van der Waals surface area (Å²) in [5, 5.41) is 7.20. The monoisotopic (exact) mass is 297 g/mol. The summed E-state index contributed by atoms with van der Waals surface area (Å²) in [6, 6.07) is 1.86. The van der Waals surface area contributed by atoms with Crippen LogP contribution in [0.25, 0.3) is 0 Å². The number of amides is 1. The molecule has 6 heteroatoms. The highest BCUT2D eigenvalue weighted by molar-refractivity contribution is 5.92. The molecule has 0 spiro atoms. The molecule has 0 bridgehead atoms. The van der Waals surface area contributed by atoms with Gasteiger partial charge in [-0.05, 0) is 44.6 Å². The van der Waals surface area contributed by atoms with Crippen molar-refractivity contribution >= 4 is 5.91 Å². The number of nitrogens with one attached hydrogen (secondary N) is 1. The van der Waals surface area contributed by atoms with E-state index in [2.05, 4.69) is 10.4 Å². The molecule has 1 amide bonds. The summed E-state index contributed by atoms with van der Waals surface area (Å²) in [5.41, 5.74) is 1.55. The van der Waals surface area contributed by atoms with Crippen LogP contribution < -0.4 is 5.32 Å². The highest BCUT2D eigenvalue weighted by Gasteiger charge is 2.30. The molecule has 2 saturated carbocycles. The lowest BCUT2D eigenvalue weighted by Crippen LogP contribution is -2.38. The molecule has 0 aliphatic heterocycles. The van der Waals surface area contributed by atoms with Crippen LogP contribution in [0.4, 0.5) is 8.78 Å². The molecule has 2 aliphatic rings. The number of aromatic nitrogens is 2. The molecule has 21 heavy (non-hydrogen) atoms. The summed E-state index contributed by atoms with van der Waals surface area (Å²) in [6.07, 6.45) is 2.32. The minimum absolute atomic E-state index is 0.00104. The maximum atomic E-state index is 12.6. The number of carbonyl (C=O) groups is 1. The highest BCUT2D eigenvalue weighted by atomic mass is 19.3. The molecule has 1 aromatic heterocycles. The zero-order valence-corrected chi connectivity index (χ0v) is 12.2. The molecule has 0 saturated heterocycles. The number of rotatable bonds is 4. The summed E-state index contributed by atoms with van der Waals surface area (Å²) in [6.45, 7) is 0. The first-order valence-electron chi connectivity index (χ1n) is 7.67. The van der Waals surface area contributed by atoms with E-state index in [1.165, 1.54) is 0 Å². The van der Waals surface area contributed by atoms with Crippen molar-refractivity contribution in [2.75, 3.05) is 0 Å². The molecule has 0 aromatic carbocycles. The Kier molecular flexibility index (Phi) is 3.95. The van der Waals surface area contributed by atoms with Gasteiger partial charge < -0.3 is 5.32 Å². The molecule has 116 valence electrons. The van der Waals surface area contributed by atoms with Crippen LogP contribution in [0.5, 0.6) is 0 Å². The Morgan fingerprint density at radius 1 is 1.29 bits per heavy atom. The van der Waals surface area contributed by atoms with Gasteiger partial charge in [0.15, 0.2) is 0 Å². The normalized spacial score (nSPS) is 26.1. The minimum Gasteiger partial charge on any atom is -0.348 e. The van der Waals surface area contributed by atoms with Crippen molar-refractivity contribution in [3.63, 3.8) is 0 Å². The van der Waals surface area contributed by atoms with Crippen LogP contribution >= 0.6 is 0 Å². The van der Waals surface area contributed by atoms with E-state index < -0.39 is 12.3 Å². The van der Waals surface area contributed by atoms with Gasteiger partial charge in [0, 0.05) is 30.6 Å². The molecule has 2 fully saturated rings. The van der Waals surface area contributed by atoms with Crippen molar-refractivity contribution in [1.29, 1.82) is 0 Å². The molecule has 1 N–H and O–H groups in total. The van der Waals surface area contributed by atoms with Gasteiger partial charge in [0.25, 0.3) is 5.91 Å². The van der Waals surface area contributed by atoms with E-state index in [9.17, 15) is 13.6 Å². The molecule has 0 unspecified atom stereocenters. The van der Waals surface area contributed by atoms with E-state index >= 15 is 0 Å². The van der Waals surface area contributed by atoms with E-state index in [-0.39, 0.29) is 11.9 Å². The second-order valence-corrected chi connectivity index (χ2v) is 6.27. The number of alkyl halides is 2. The lowest BCUT2D eigenvalue weighted by atomic mass is 9.86. The number of carbonyl (C=O) groups excluding carboxylic acids is 1. The van der Waals surface area contributed by atoms with E-state index in [1.807, 2.05) is 13.1 Å². The fourth-order valence-corrected chi connectivity index (χ4v) is 3.13. The molecular weight excluding hydrogens is 276 g/mol. The van der Waals surface area contributed by atoms with Gasteiger partial charge in [0.05, 0.1) is 0 Å². The van der Waals surface area contributed by atoms with Gasteiger partial charge in [-0.15, -0.1) is 0 Å². The third kappa shape index (κ3) is 3.24. The van der Waals surface area contributed by atoms with Gasteiger partial charge in [0.1, 0.15) is 5.69 Å². The van der Waals surface area contributed by atoms with Gasteiger partial charge in [-0.3, -0.25) is 9.48 Å². The number of nitrogens with zero attached hydrogens (tertiary/aromatic N) is 2. The Balaban J connectivity index is 1.56. The van der Waals surface area contributed by atoms with Crippen LogP contribution in [0.1, 0.15) is 60.6 Å². The summed E-state index contributed by atoms with van der Waals surface area (Å²) < 4.78 is 27.0. The number of hydrogen-bond acceptors (Lipinski definition) is 2. The quantitative estimate of drug-likeness (QED) is 0.929. The molecule has 0 atom stereocenters. The molecule has 0 radical (unpaired) electrons. The van der Waals surface area contributed by atoms with Crippen molar-refractivity contribution in [1.82, 2.24) is 15.1 Å². The third-order valence-electron chi connectivity index (χ3n) is 4.61. The van der Waals surface area contributed by atoms with Crippen molar-refractivity contribution in [2.45, 2.75) is 56.9 Å². The van der Waals surface area contributed by atoms with E-state index in [1.54, 1.807) is 4.68 Å². The number of halogens is 2. The maximum absolute atomic E-state index is 12.6. The molecule has 1 aromatic rings. The highest BCUT2D eigenvalue weighted by Crippen LogP contribution is 2.40. The van der Waals surface area contributed by atoms with Crippen LogP contribution in [-0.4, -0.2) is 28.2 Å². The van der Waals surface area contributed by atoms with Crippen LogP contribution in [0.2, 0.25) is 0 Å². The summed E-state index contributed by atoms with van der Waals surface area (Å²) in [4.78, 5) is 12.2. The van der Waals surface area contributed by atoms with E-state index in [0.29, 0.717) is 37.3 Å². The first kappa shape index (κ1) is 14.5. The first-order chi connectivity index (χ1) is 10.0. The largest absolute Gasteiger partial charge is 0.348 e. The van der Waals surface area contributed by atoms with Gasteiger partial charge in [-0.2, -0.15) is 5.10 Å².